The van der Waals surface area contributed by atoms with Crippen molar-refractivity contribution in [3.05, 3.63) is 18.2 Å². The minimum absolute atomic E-state index is 0. The number of benzene rings is 1. The van der Waals surface area contributed by atoms with Crippen molar-refractivity contribution in [2.75, 3.05) is 0 Å². The average Bonchev–Trinajstić information content (AvgIpc) is 2.78. The van der Waals surface area contributed by atoms with Gasteiger partial charge in [0.2, 0.25) is 5.58 Å². The maximum atomic E-state index is 10.8. The molecule has 202 valence electrons. The third kappa shape index (κ3) is 54.7. The third-order valence-corrected chi connectivity index (χ3v) is 3.11. The second-order valence-corrected chi connectivity index (χ2v) is 10.0. The minimum Gasteiger partial charge on any atom is -0.822 e. The molecule has 1 heterocycles. The SMILES string of the molecule is O=P([O-])([O-])[O-].O=P([O-])([O-])[O-].O=P([O-])([O-])[O-].O=P([O-])([O-])[O-].O=[p+]1oc2cccc(S(=O)(=O)O)c2o1.[Zr+4].[Zr+4].[Zr+4]. The molecule has 0 bridgehead atoms. The molecule has 1 aromatic carbocycles. The van der Waals surface area contributed by atoms with E-state index in [-0.39, 0.29) is 89.8 Å². The van der Waals surface area contributed by atoms with Crippen LogP contribution in [0.5, 0.6) is 0 Å². The molecule has 0 amide bonds. The first-order valence-electron chi connectivity index (χ1n) is 6.34. The normalized spacial score (nSPS) is 11.4. The Kier molecular flexibility index (Phi) is 30.1. The number of hydrogen-bond donors (Lipinski definition) is 1. The van der Waals surface area contributed by atoms with Gasteiger partial charge in [-0.25, -0.2) is 8.39 Å². The number of phosphoric acid groups is 4. The molecule has 0 saturated heterocycles. The van der Waals surface area contributed by atoms with Gasteiger partial charge in [0.05, 0.1) is 0 Å². The van der Waals surface area contributed by atoms with Gasteiger partial charge in [0.15, 0.2) is 0 Å². The van der Waals surface area contributed by atoms with E-state index in [2.05, 4.69) is 8.39 Å². The molecule has 0 aliphatic carbocycles. The molecule has 0 aliphatic heterocycles. The van der Waals surface area contributed by atoms with E-state index in [4.69, 9.17) is 81.5 Å². The fraction of sp³-hybridized carbons (Fsp3) is 0. The number of para-hydroxylation sites is 1. The summed E-state index contributed by atoms with van der Waals surface area (Å²) < 4.78 is 84.7. The molecule has 1 atom stereocenters. The third-order valence-electron chi connectivity index (χ3n) is 1.56. The smallest absolute Gasteiger partial charge is 0.822 e. The molecule has 0 spiro atoms. The van der Waals surface area contributed by atoms with Gasteiger partial charge in [-0.1, -0.05) is 6.07 Å². The van der Waals surface area contributed by atoms with Crippen molar-refractivity contribution in [3.8, 4) is 0 Å². The van der Waals surface area contributed by atoms with Crippen LogP contribution in [0.2, 0.25) is 0 Å². The molecule has 1 N–H and O–H groups in total. The van der Waals surface area contributed by atoms with Gasteiger partial charge in [-0.2, -0.15) is 39.7 Å². The zero-order chi connectivity index (χ0) is 28.3. The van der Waals surface area contributed by atoms with Crippen LogP contribution in [0.4, 0.5) is 0 Å². The molecule has 2 rings (SSSR count). The predicted molar refractivity (Wildman–Crippen MR) is 76.3 cm³/mol. The molecule has 1 unspecified atom stereocenters. The second kappa shape index (κ2) is 21.6. The molecular formula is C6H4O22P5SZr3+. The summed E-state index contributed by atoms with van der Waals surface area (Å²) in [5.74, 6) is 0. The molecule has 37 heavy (non-hydrogen) atoms. The van der Waals surface area contributed by atoms with Crippen LogP contribution in [-0.2, 0) is 112 Å². The standard InChI is InChI=1S/C6H3O6PS.4H3O4P.3Zr/c7-13-11-4-2-1-3-5(6(4)12-13)14(8,9)10;4*1-5(2,3)4;;;/h1-3H;4*(H3,1,2,3,4);;;/q;;;;;3*+4/p-11. The van der Waals surface area contributed by atoms with E-state index >= 15 is 0 Å². The largest absolute Gasteiger partial charge is 4.00 e. The number of rotatable bonds is 1. The summed E-state index contributed by atoms with van der Waals surface area (Å²) in [7, 11) is -28.3. The van der Waals surface area contributed by atoms with Crippen molar-refractivity contribution in [2.45, 2.75) is 4.90 Å². The van der Waals surface area contributed by atoms with E-state index in [1.165, 1.54) is 12.1 Å². The first-order valence-corrected chi connectivity index (χ1v) is 14.7. The summed E-state index contributed by atoms with van der Waals surface area (Å²) in [5, 5.41) is 0. The van der Waals surface area contributed by atoms with Gasteiger partial charge in [-0.05, 0) is 12.1 Å². The van der Waals surface area contributed by atoms with Gasteiger partial charge in [0.1, 0.15) is 4.90 Å². The van der Waals surface area contributed by atoms with Crippen molar-refractivity contribution >= 4 is 60.5 Å². The van der Waals surface area contributed by atoms with Crippen LogP contribution in [-0.4, -0.2) is 13.0 Å². The van der Waals surface area contributed by atoms with E-state index in [1.807, 2.05) is 0 Å². The van der Waals surface area contributed by atoms with Gasteiger partial charge in [0.25, 0.3) is 15.7 Å². The van der Waals surface area contributed by atoms with Crippen LogP contribution in [0.3, 0.4) is 0 Å². The van der Waals surface area contributed by atoms with Crippen LogP contribution in [0, 0.1) is 0 Å². The van der Waals surface area contributed by atoms with Gasteiger partial charge in [-0.3, -0.25) is 4.55 Å². The van der Waals surface area contributed by atoms with E-state index in [0.29, 0.717) is 0 Å². The first-order chi connectivity index (χ1) is 14.5. The Bertz CT molecular complexity index is 1130. The van der Waals surface area contributed by atoms with Crippen LogP contribution in [0.1, 0.15) is 0 Å². The predicted octanol–water partition coefficient (Wildman–Crippen LogP) is -9.29. The van der Waals surface area contributed by atoms with Crippen LogP contribution in [0.25, 0.3) is 11.2 Å². The van der Waals surface area contributed by atoms with Crippen LogP contribution in [0.15, 0.2) is 31.5 Å². The fourth-order valence-corrected chi connectivity index (χ4v) is 2.40. The number of hydrogen-bond acceptors (Lipinski definition) is 21. The summed E-state index contributed by atoms with van der Waals surface area (Å²) >= 11 is 0. The van der Waals surface area contributed by atoms with Gasteiger partial charge in [0, 0.05) is 4.57 Å². The van der Waals surface area contributed by atoms with Gasteiger partial charge < -0.3 is 77.0 Å². The van der Waals surface area contributed by atoms with E-state index < -0.39 is 54.2 Å². The molecule has 0 aliphatic rings. The summed E-state index contributed by atoms with van der Waals surface area (Å²) in [6, 6.07) is 3.87. The maximum absolute atomic E-state index is 10.8. The molecule has 0 radical (unpaired) electrons. The van der Waals surface area contributed by atoms with Crippen molar-refractivity contribution in [1.82, 2.24) is 0 Å². The maximum Gasteiger partial charge on any atom is 4.00 e. The molecular weight excluding hydrogens is 885 g/mol. The second-order valence-electron chi connectivity index (χ2n) is 4.25. The molecule has 22 nitrogen and oxygen atoms in total. The quantitative estimate of drug-likeness (QED) is 0.205. The molecule has 1 aromatic heterocycles. The summed E-state index contributed by atoms with van der Waals surface area (Å²) in [6.45, 7) is 0. The molecule has 2 aromatic rings. The van der Waals surface area contributed by atoms with E-state index in [0.717, 1.165) is 6.07 Å². The Morgan fingerprint density at radius 3 is 1.16 bits per heavy atom. The molecule has 0 saturated carbocycles. The summed E-state index contributed by atoms with van der Waals surface area (Å²) in [6.07, 6.45) is 0. The van der Waals surface area contributed by atoms with Crippen LogP contribution >= 0.6 is 39.2 Å². The van der Waals surface area contributed by atoms with E-state index in [1.54, 1.807) is 0 Å². The van der Waals surface area contributed by atoms with Crippen molar-refractivity contribution in [3.63, 3.8) is 0 Å². The zero-order valence-corrected chi connectivity index (χ0v) is 29.1. The summed E-state index contributed by atoms with van der Waals surface area (Å²) in [4.78, 5) is 102. The molecule has 0 fully saturated rings. The van der Waals surface area contributed by atoms with Crippen molar-refractivity contribution in [1.29, 1.82) is 0 Å². The zero-order valence-electron chi connectivity index (χ0n) is 16.4. The topological polar surface area (TPSA) is 443 Å². The average molecular weight is 889 g/mol. The Morgan fingerprint density at radius 2 is 0.919 bits per heavy atom. The fourth-order valence-electron chi connectivity index (χ4n) is 1.03. The first kappa shape index (κ1) is 51.6. The van der Waals surface area contributed by atoms with Gasteiger partial charge >= 0.3 is 86.5 Å². The Labute approximate surface area is 262 Å². The van der Waals surface area contributed by atoms with E-state index in [9.17, 15) is 13.0 Å². The minimum atomic E-state index is -5.39. The monoisotopic (exact) mass is 884 g/mol. The Hall–Kier alpha value is 1.92. The van der Waals surface area contributed by atoms with Crippen molar-refractivity contribution in [2.24, 2.45) is 0 Å². The Balaban J connectivity index is -0.0000000893. The van der Waals surface area contributed by atoms with Crippen molar-refractivity contribution < 1.29 is 182 Å². The molecule has 31 heteroatoms. The number of fused-ring (bicyclic) bond motifs is 1. The van der Waals surface area contributed by atoms with Gasteiger partial charge in [-0.15, -0.1) is 0 Å². The Morgan fingerprint density at radius 1 is 0.649 bits per heavy atom. The summed E-state index contributed by atoms with van der Waals surface area (Å²) in [5.41, 5.74) is -0.169. The van der Waals surface area contributed by atoms with Crippen LogP contribution < -0.4 is 58.7 Å².